The first-order valence-corrected chi connectivity index (χ1v) is 5.61. The number of para-hydroxylation sites is 1. The third kappa shape index (κ3) is 2.59. The Morgan fingerprint density at radius 3 is 2.59 bits per heavy atom. The van der Waals surface area contributed by atoms with Crippen molar-refractivity contribution in [3.63, 3.8) is 0 Å². The van der Waals surface area contributed by atoms with E-state index in [-0.39, 0.29) is 0 Å². The van der Waals surface area contributed by atoms with Gasteiger partial charge in [0.15, 0.2) is 0 Å². The van der Waals surface area contributed by atoms with Gasteiger partial charge in [0.25, 0.3) is 0 Å². The third-order valence-corrected chi connectivity index (χ3v) is 2.86. The molecule has 88 valence electrons. The summed E-state index contributed by atoms with van der Waals surface area (Å²) in [5.74, 6) is 1.23. The van der Waals surface area contributed by atoms with Crippen LogP contribution in [0.3, 0.4) is 0 Å². The monoisotopic (exact) mass is 228 g/mol. The lowest BCUT2D eigenvalue weighted by Gasteiger charge is -2.08. The Balaban J connectivity index is 2.28. The summed E-state index contributed by atoms with van der Waals surface area (Å²) in [6, 6.07) is 13.5. The summed E-state index contributed by atoms with van der Waals surface area (Å²) in [4.78, 5) is 0. The van der Waals surface area contributed by atoms with Crippen LogP contribution in [0, 0.1) is 6.92 Å². The zero-order valence-corrected chi connectivity index (χ0v) is 10.1. The van der Waals surface area contributed by atoms with E-state index in [4.69, 9.17) is 4.74 Å². The Labute approximate surface area is 101 Å². The Hall–Kier alpha value is -1.96. The lowest BCUT2D eigenvalue weighted by atomic mass is 10.0. The number of hydrogen-bond acceptors (Lipinski definition) is 2. The minimum absolute atomic E-state index is 0.340. The summed E-state index contributed by atoms with van der Waals surface area (Å²) in [5.41, 5.74) is 3.18. The van der Waals surface area contributed by atoms with E-state index < -0.39 is 0 Å². The van der Waals surface area contributed by atoms with Crippen molar-refractivity contribution in [1.82, 2.24) is 0 Å². The standard InChI is InChI=1S/C15H16O2/c1-11-7-8-12(10-15(11)17-2)9-13-5-3-4-6-14(13)16/h3-8,10,16H,9H2,1-2H3. The summed E-state index contributed by atoms with van der Waals surface area (Å²) in [5, 5.41) is 9.72. The fourth-order valence-electron chi connectivity index (χ4n) is 1.85. The van der Waals surface area contributed by atoms with Crippen LogP contribution in [0.2, 0.25) is 0 Å². The predicted octanol–water partition coefficient (Wildman–Crippen LogP) is 3.30. The summed E-state index contributed by atoms with van der Waals surface area (Å²) >= 11 is 0. The zero-order valence-electron chi connectivity index (χ0n) is 10.1. The second kappa shape index (κ2) is 4.91. The van der Waals surface area contributed by atoms with Gasteiger partial charge in [0, 0.05) is 6.42 Å². The molecule has 0 aliphatic heterocycles. The molecule has 0 spiro atoms. The molecule has 0 heterocycles. The molecule has 0 amide bonds. The molecule has 0 bridgehead atoms. The topological polar surface area (TPSA) is 29.5 Å². The molecule has 1 N–H and O–H groups in total. The molecular formula is C15H16O2. The van der Waals surface area contributed by atoms with Crippen molar-refractivity contribution in [2.24, 2.45) is 0 Å². The van der Waals surface area contributed by atoms with Crippen LogP contribution < -0.4 is 4.74 Å². The van der Waals surface area contributed by atoms with Gasteiger partial charge in [0.2, 0.25) is 0 Å². The van der Waals surface area contributed by atoms with Gasteiger partial charge in [0.1, 0.15) is 11.5 Å². The summed E-state index contributed by atoms with van der Waals surface area (Å²) < 4.78 is 5.29. The highest BCUT2D eigenvalue weighted by Gasteiger charge is 2.04. The quantitative estimate of drug-likeness (QED) is 0.873. The molecule has 0 saturated heterocycles. The average Bonchev–Trinajstić information content (AvgIpc) is 2.34. The Morgan fingerprint density at radius 1 is 1.12 bits per heavy atom. The van der Waals surface area contributed by atoms with Gasteiger partial charge in [-0.3, -0.25) is 0 Å². The lowest BCUT2D eigenvalue weighted by molar-refractivity contribution is 0.411. The Morgan fingerprint density at radius 2 is 1.88 bits per heavy atom. The maximum Gasteiger partial charge on any atom is 0.122 e. The fraction of sp³-hybridized carbons (Fsp3) is 0.200. The van der Waals surface area contributed by atoms with E-state index in [0.29, 0.717) is 12.2 Å². The van der Waals surface area contributed by atoms with Crippen molar-refractivity contribution in [2.45, 2.75) is 13.3 Å². The maximum atomic E-state index is 9.72. The molecule has 0 aliphatic carbocycles. The number of benzene rings is 2. The van der Waals surface area contributed by atoms with Crippen molar-refractivity contribution >= 4 is 0 Å². The SMILES string of the molecule is COc1cc(Cc2ccccc2O)ccc1C. The average molecular weight is 228 g/mol. The highest BCUT2D eigenvalue weighted by Crippen LogP contribution is 2.24. The molecule has 2 aromatic rings. The van der Waals surface area contributed by atoms with Crippen molar-refractivity contribution in [1.29, 1.82) is 0 Å². The molecule has 0 fully saturated rings. The molecule has 0 radical (unpaired) electrons. The first kappa shape index (κ1) is 11.5. The summed E-state index contributed by atoms with van der Waals surface area (Å²) in [6.45, 7) is 2.02. The normalized spacial score (nSPS) is 10.2. The first-order valence-electron chi connectivity index (χ1n) is 5.61. The summed E-state index contributed by atoms with van der Waals surface area (Å²) in [6.07, 6.45) is 0.712. The van der Waals surface area contributed by atoms with Crippen LogP contribution in [0.4, 0.5) is 0 Å². The molecule has 0 unspecified atom stereocenters. The van der Waals surface area contributed by atoms with Crippen LogP contribution in [0.1, 0.15) is 16.7 Å². The second-order valence-electron chi connectivity index (χ2n) is 4.11. The molecule has 0 saturated carbocycles. The molecule has 0 aliphatic rings. The third-order valence-electron chi connectivity index (χ3n) is 2.86. The second-order valence-corrected chi connectivity index (χ2v) is 4.11. The molecule has 17 heavy (non-hydrogen) atoms. The van der Waals surface area contributed by atoms with E-state index >= 15 is 0 Å². The van der Waals surface area contributed by atoms with Gasteiger partial charge in [-0.05, 0) is 35.7 Å². The largest absolute Gasteiger partial charge is 0.508 e. The van der Waals surface area contributed by atoms with Gasteiger partial charge < -0.3 is 9.84 Å². The number of phenols is 1. The Bertz CT molecular complexity index is 518. The molecule has 2 nitrogen and oxygen atoms in total. The predicted molar refractivity (Wildman–Crippen MR) is 68.6 cm³/mol. The molecule has 2 aromatic carbocycles. The van der Waals surface area contributed by atoms with Crippen LogP contribution in [0.15, 0.2) is 42.5 Å². The minimum Gasteiger partial charge on any atom is -0.508 e. The van der Waals surface area contributed by atoms with Crippen LogP contribution in [0.25, 0.3) is 0 Å². The van der Waals surface area contributed by atoms with Gasteiger partial charge in [-0.25, -0.2) is 0 Å². The van der Waals surface area contributed by atoms with Crippen LogP contribution in [-0.2, 0) is 6.42 Å². The molecular weight excluding hydrogens is 212 g/mol. The number of aryl methyl sites for hydroxylation is 1. The minimum atomic E-state index is 0.340. The van der Waals surface area contributed by atoms with Gasteiger partial charge in [-0.15, -0.1) is 0 Å². The number of ether oxygens (including phenoxy) is 1. The van der Waals surface area contributed by atoms with Crippen molar-refractivity contribution in [3.05, 3.63) is 59.2 Å². The van der Waals surface area contributed by atoms with E-state index in [2.05, 4.69) is 6.07 Å². The molecule has 0 atom stereocenters. The van der Waals surface area contributed by atoms with E-state index in [1.54, 1.807) is 13.2 Å². The lowest BCUT2D eigenvalue weighted by Crippen LogP contribution is -1.92. The molecule has 2 heteroatoms. The van der Waals surface area contributed by atoms with Gasteiger partial charge in [-0.1, -0.05) is 30.3 Å². The van der Waals surface area contributed by atoms with Crippen LogP contribution in [0.5, 0.6) is 11.5 Å². The van der Waals surface area contributed by atoms with Crippen molar-refractivity contribution in [2.75, 3.05) is 7.11 Å². The smallest absolute Gasteiger partial charge is 0.122 e. The van der Waals surface area contributed by atoms with E-state index in [9.17, 15) is 5.11 Å². The Kier molecular flexibility index (Phi) is 3.33. The summed E-state index contributed by atoms with van der Waals surface area (Å²) in [7, 11) is 1.67. The van der Waals surface area contributed by atoms with Crippen molar-refractivity contribution < 1.29 is 9.84 Å². The molecule has 2 rings (SSSR count). The van der Waals surface area contributed by atoms with Gasteiger partial charge in [-0.2, -0.15) is 0 Å². The van der Waals surface area contributed by atoms with Crippen LogP contribution >= 0.6 is 0 Å². The number of methoxy groups -OCH3 is 1. The van der Waals surface area contributed by atoms with Gasteiger partial charge >= 0.3 is 0 Å². The number of rotatable bonds is 3. The maximum absolute atomic E-state index is 9.72. The number of aromatic hydroxyl groups is 1. The first-order chi connectivity index (χ1) is 8.20. The number of phenolic OH excluding ortho intramolecular Hbond substituents is 1. The van der Waals surface area contributed by atoms with Crippen LogP contribution in [-0.4, -0.2) is 12.2 Å². The molecule has 0 aromatic heterocycles. The highest BCUT2D eigenvalue weighted by molar-refractivity contribution is 5.41. The highest BCUT2D eigenvalue weighted by atomic mass is 16.5. The van der Waals surface area contributed by atoms with E-state index in [1.807, 2.05) is 37.3 Å². The van der Waals surface area contributed by atoms with Crippen molar-refractivity contribution in [3.8, 4) is 11.5 Å². The van der Waals surface area contributed by atoms with E-state index in [0.717, 1.165) is 22.4 Å². The van der Waals surface area contributed by atoms with E-state index in [1.165, 1.54) is 0 Å². The van der Waals surface area contributed by atoms with Gasteiger partial charge in [0.05, 0.1) is 7.11 Å². The number of hydrogen-bond donors (Lipinski definition) is 1. The zero-order chi connectivity index (χ0) is 12.3. The fourth-order valence-corrected chi connectivity index (χ4v) is 1.85.